The topological polar surface area (TPSA) is 72.7 Å². The van der Waals surface area contributed by atoms with Gasteiger partial charge in [-0.25, -0.2) is 4.98 Å². The summed E-state index contributed by atoms with van der Waals surface area (Å²) in [5.41, 5.74) is 2.74. The van der Waals surface area contributed by atoms with Gasteiger partial charge >= 0.3 is 0 Å². The summed E-state index contributed by atoms with van der Waals surface area (Å²) in [6, 6.07) is 12.5. The Morgan fingerprint density at radius 2 is 2.03 bits per heavy atom. The molecule has 1 aromatic carbocycles. The van der Waals surface area contributed by atoms with Crippen LogP contribution in [0.4, 0.5) is 5.69 Å². The molecule has 6 nitrogen and oxygen atoms in total. The molecule has 0 unspecified atom stereocenters. The van der Waals surface area contributed by atoms with Crippen LogP contribution in [0.1, 0.15) is 49.8 Å². The number of amides is 1. The Labute approximate surface area is 175 Å². The van der Waals surface area contributed by atoms with Gasteiger partial charge in [0.15, 0.2) is 0 Å². The predicted molar refractivity (Wildman–Crippen MR) is 117 cm³/mol. The lowest BCUT2D eigenvalue weighted by Gasteiger charge is -2.11. The van der Waals surface area contributed by atoms with E-state index >= 15 is 0 Å². The first-order valence-electron chi connectivity index (χ1n) is 10.6. The van der Waals surface area contributed by atoms with Gasteiger partial charge in [-0.05, 0) is 43.0 Å². The van der Waals surface area contributed by atoms with Crippen molar-refractivity contribution in [2.45, 2.75) is 52.1 Å². The molecule has 1 fully saturated rings. The molecule has 1 aliphatic carbocycles. The van der Waals surface area contributed by atoms with Crippen LogP contribution >= 0.6 is 0 Å². The number of pyridine rings is 1. The van der Waals surface area contributed by atoms with Crippen molar-refractivity contribution in [3.05, 3.63) is 70.3 Å². The summed E-state index contributed by atoms with van der Waals surface area (Å²) in [4.78, 5) is 29.1. The fraction of sp³-hybridized carbons (Fsp3) is 0.375. The second kappa shape index (κ2) is 9.11. The molecule has 0 spiro atoms. The van der Waals surface area contributed by atoms with E-state index in [0.29, 0.717) is 35.1 Å². The number of rotatable bonds is 7. The zero-order valence-electron chi connectivity index (χ0n) is 17.3. The predicted octanol–water partition coefficient (Wildman–Crippen LogP) is 4.49. The molecule has 0 atom stereocenters. The smallest absolute Gasteiger partial charge is 0.258 e. The van der Waals surface area contributed by atoms with Crippen molar-refractivity contribution in [2.75, 3.05) is 5.32 Å². The molecular formula is C24H27N3O3. The average Bonchev–Trinajstić information content (AvgIpc) is 3.25. The van der Waals surface area contributed by atoms with Crippen LogP contribution in [0, 0.1) is 12.8 Å². The highest BCUT2D eigenvalue weighted by Gasteiger charge is 2.16. The highest BCUT2D eigenvalue weighted by molar-refractivity contribution is 5.90. The minimum atomic E-state index is -0.134. The van der Waals surface area contributed by atoms with Gasteiger partial charge in [0.2, 0.25) is 5.91 Å². The molecule has 4 rings (SSSR count). The maximum absolute atomic E-state index is 12.3. The summed E-state index contributed by atoms with van der Waals surface area (Å²) in [6.45, 7) is 2.11. The Balaban J connectivity index is 1.36. The Kier molecular flexibility index (Phi) is 6.12. The monoisotopic (exact) mass is 405 g/mol. The Hall–Kier alpha value is -3.15. The van der Waals surface area contributed by atoms with Crippen LogP contribution < -0.4 is 15.6 Å². The van der Waals surface area contributed by atoms with E-state index in [1.54, 1.807) is 12.3 Å². The fourth-order valence-electron chi connectivity index (χ4n) is 4.01. The molecule has 6 heteroatoms. The van der Waals surface area contributed by atoms with Gasteiger partial charge in [0.1, 0.15) is 18.0 Å². The Morgan fingerprint density at radius 1 is 1.20 bits per heavy atom. The molecule has 1 saturated carbocycles. The quantitative estimate of drug-likeness (QED) is 0.629. The van der Waals surface area contributed by atoms with Crippen molar-refractivity contribution >= 4 is 17.2 Å². The molecule has 156 valence electrons. The largest absolute Gasteiger partial charge is 0.487 e. The van der Waals surface area contributed by atoms with E-state index in [4.69, 9.17) is 4.74 Å². The van der Waals surface area contributed by atoms with Gasteiger partial charge in [-0.1, -0.05) is 37.8 Å². The molecule has 2 heterocycles. The normalized spacial score (nSPS) is 14.2. The van der Waals surface area contributed by atoms with E-state index in [9.17, 15) is 9.59 Å². The van der Waals surface area contributed by atoms with Crippen LogP contribution in [0.3, 0.4) is 0 Å². The zero-order chi connectivity index (χ0) is 20.9. The number of benzene rings is 1. The van der Waals surface area contributed by atoms with Gasteiger partial charge in [-0.15, -0.1) is 0 Å². The number of nitrogens with zero attached hydrogens (tertiary/aromatic N) is 2. The number of anilines is 1. The lowest BCUT2D eigenvalue weighted by Crippen LogP contribution is -2.16. The van der Waals surface area contributed by atoms with Gasteiger partial charge in [0.25, 0.3) is 5.56 Å². The second-order valence-electron chi connectivity index (χ2n) is 8.07. The van der Waals surface area contributed by atoms with Gasteiger partial charge < -0.3 is 10.1 Å². The number of hydrogen-bond acceptors (Lipinski definition) is 4. The van der Waals surface area contributed by atoms with Crippen molar-refractivity contribution in [1.82, 2.24) is 9.38 Å². The van der Waals surface area contributed by atoms with Gasteiger partial charge in [-0.2, -0.15) is 0 Å². The summed E-state index contributed by atoms with van der Waals surface area (Å²) >= 11 is 0. The van der Waals surface area contributed by atoms with Gasteiger partial charge in [0.05, 0.1) is 5.69 Å². The lowest BCUT2D eigenvalue weighted by molar-refractivity contribution is -0.116. The molecule has 1 N–H and O–H groups in total. The number of ether oxygens (including phenoxy) is 1. The number of aryl methyl sites for hydroxylation is 1. The van der Waals surface area contributed by atoms with Crippen LogP contribution in [0.2, 0.25) is 0 Å². The zero-order valence-corrected chi connectivity index (χ0v) is 17.3. The highest BCUT2D eigenvalue weighted by Crippen LogP contribution is 2.28. The number of aromatic nitrogens is 2. The number of hydrogen-bond donors (Lipinski definition) is 1. The average molecular weight is 405 g/mol. The number of fused-ring (bicyclic) bond motifs is 1. The van der Waals surface area contributed by atoms with E-state index in [1.165, 1.54) is 36.2 Å². The summed E-state index contributed by atoms with van der Waals surface area (Å²) in [6.07, 6.45) is 8.39. The summed E-state index contributed by atoms with van der Waals surface area (Å²) in [5, 5.41) is 2.96. The first-order valence-corrected chi connectivity index (χ1v) is 10.6. The summed E-state index contributed by atoms with van der Waals surface area (Å²) in [7, 11) is 0. The Bertz CT molecular complexity index is 1100. The van der Waals surface area contributed by atoms with E-state index in [0.717, 1.165) is 12.0 Å². The molecule has 0 radical (unpaired) electrons. The summed E-state index contributed by atoms with van der Waals surface area (Å²) < 4.78 is 7.35. The van der Waals surface area contributed by atoms with Crippen LogP contribution in [0.15, 0.2) is 53.5 Å². The minimum absolute atomic E-state index is 0.0403. The molecule has 2 aromatic heterocycles. The molecule has 3 aromatic rings. The summed E-state index contributed by atoms with van der Waals surface area (Å²) in [5.74, 6) is 1.36. The molecule has 0 aliphatic heterocycles. The fourth-order valence-corrected chi connectivity index (χ4v) is 4.01. The van der Waals surface area contributed by atoms with Crippen molar-refractivity contribution in [2.24, 2.45) is 5.92 Å². The maximum Gasteiger partial charge on any atom is 0.258 e. The van der Waals surface area contributed by atoms with Crippen molar-refractivity contribution in [1.29, 1.82) is 0 Å². The number of carbonyl (C=O) groups excluding carboxylic acids is 1. The van der Waals surface area contributed by atoms with Crippen LogP contribution in [0.25, 0.3) is 5.65 Å². The number of nitrogens with one attached hydrogen (secondary N) is 1. The lowest BCUT2D eigenvalue weighted by atomic mass is 10.0. The number of carbonyl (C=O) groups is 1. The van der Waals surface area contributed by atoms with Crippen LogP contribution in [0.5, 0.6) is 5.75 Å². The maximum atomic E-state index is 12.3. The standard InChI is InChI=1S/C24H27N3O3/c1-17-9-11-22-25-20(14-24(29)27(22)15-17)16-30-21-8-4-7-19(13-21)26-23(28)12-10-18-5-2-3-6-18/h4,7-9,11,13-15,18H,2-3,5-6,10,12,16H2,1H3,(H,26,28). The molecule has 1 aliphatic rings. The van der Waals surface area contributed by atoms with E-state index in [1.807, 2.05) is 37.3 Å². The van der Waals surface area contributed by atoms with E-state index < -0.39 is 0 Å². The molecule has 1 amide bonds. The van der Waals surface area contributed by atoms with Crippen molar-refractivity contribution in [3.63, 3.8) is 0 Å². The SMILES string of the molecule is Cc1ccc2nc(COc3cccc(NC(=O)CCC4CCCC4)c3)cc(=O)n2c1. The molecule has 0 bridgehead atoms. The third-order valence-electron chi connectivity index (χ3n) is 5.62. The third-order valence-corrected chi connectivity index (χ3v) is 5.62. The second-order valence-corrected chi connectivity index (χ2v) is 8.07. The minimum Gasteiger partial charge on any atom is -0.487 e. The van der Waals surface area contributed by atoms with Crippen molar-refractivity contribution < 1.29 is 9.53 Å². The van der Waals surface area contributed by atoms with E-state index in [-0.39, 0.29) is 18.1 Å². The van der Waals surface area contributed by atoms with Crippen LogP contribution in [-0.4, -0.2) is 15.3 Å². The molecule has 0 saturated heterocycles. The van der Waals surface area contributed by atoms with Crippen molar-refractivity contribution in [3.8, 4) is 5.75 Å². The molecular weight excluding hydrogens is 378 g/mol. The third kappa shape index (κ3) is 5.06. The van der Waals surface area contributed by atoms with E-state index in [2.05, 4.69) is 10.3 Å². The molecule has 30 heavy (non-hydrogen) atoms. The first-order chi connectivity index (χ1) is 14.6. The van der Waals surface area contributed by atoms with Crippen LogP contribution in [-0.2, 0) is 11.4 Å². The first kappa shape index (κ1) is 20.1. The van der Waals surface area contributed by atoms with Gasteiger partial charge in [0, 0.05) is 30.4 Å². The Morgan fingerprint density at radius 3 is 2.87 bits per heavy atom. The highest BCUT2D eigenvalue weighted by atomic mass is 16.5. The van der Waals surface area contributed by atoms with Gasteiger partial charge in [-0.3, -0.25) is 14.0 Å².